The van der Waals surface area contributed by atoms with Gasteiger partial charge in [0.15, 0.2) is 0 Å². The number of nitrogens with two attached hydrogens (primary N) is 1. The zero-order valence-corrected chi connectivity index (χ0v) is 35.4. The Hall–Kier alpha value is -3.71. The lowest BCUT2D eigenvalue weighted by Gasteiger charge is -2.17. The summed E-state index contributed by atoms with van der Waals surface area (Å²) in [5.74, 6) is -1.32. The number of carboxylic acids is 1. The van der Waals surface area contributed by atoms with Crippen LogP contribution in [0.4, 0.5) is 0 Å². The first-order chi connectivity index (χ1) is 27.4. The Kier molecular flexibility index (Phi) is 39.6. The van der Waals surface area contributed by atoms with Gasteiger partial charge in [0.2, 0.25) is 5.91 Å². The predicted molar refractivity (Wildman–Crippen MR) is 238 cm³/mol. The molecule has 0 radical (unpaired) electrons. The third-order valence-electron chi connectivity index (χ3n) is 9.15. The van der Waals surface area contributed by atoms with Crippen molar-refractivity contribution >= 4 is 17.8 Å². The molecule has 0 saturated carbocycles. The fourth-order valence-corrected chi connectivity index (χ4v) is 5.90. The van der Waals surface area contributed by atoms with Gasteiger partial charge in [0.25, 0.3) is 0 Å². The highest BCUT2D eigenvalue weighted by molar-refractivity contribution is 5.83. The highest BCUT2D eigenvalue weighted by atomic mass is 16.5. The van der Waals surface area contributed by atoms with Crippen LogP contribution in [0.1, 0.15) is 174 Å². The quantitative estimate of drug-likeness (QED) is 0.0326. The number of hydrogen-bond donors (Lipinski definition) is 3. The van der Waals surface area contributed by atoms with Gasteiger partial charge in [0.05, 0.1) is 0 Å². The Bertz CT molecular complexity index is 1190. The average Bonchev–Trinajstić information content (AvgIpc) is 3.18. The smallest absolute Gasteiger partial charge is 0.326 e. The number of hydrogen-bond acceptors (Lipinski definition) is 5. The molecule has 0 aromatic heterocycles. The summed E-state index contributed by atoms with van der Waals surface area (Å²) in [6.45, 7) is 4.70. The third kappa shape index (κ3) is 38.6. The summed E-state index contributed by atoms with van der Waals surface area (Å²) in [5.41, 5.74) is 5.48. The molecule has 0 aromatic carbocycles. The first-order valence-corrected chi connectivity index (χ1v) is 22.1. The molecule has 0 spiro atoms. The van der Waals surface area contributed by atoms with Crippen molar-refractivity contribution in [1.82, 2.24) is 5.32 Å². The molecule has 0 heterocycles. The molecule has 2 atom stereocenters. The van der Waals surface area contributed by atoms with Gasteiger partial charge >= 0.3 is 11.9 Å². The molecule has 0 fully saturated rings. The maximum absolute atomic E-state index is 12.8. The number of amides is 1. The Balaban J connectivity index is 4.50. The summed E-state index contributed by atoms with van der Waals surface area (Å²) in [6, 6.07) is -0.871. The first kappa shape index (κ1) is 52.3. The van der Waals surface area contributed by atoms with Crippen LogP contribution in [0, 0.1) is 0 Å². The van der Waals surface area contributed by atoms with Gasteiger partial charge in [-0.3, -0.25) is 9.59 Å². The van der Waals surface area contributed by atoms with Gasteiger partial charge in [0.1, 0.15) is 12.1 Å². The van der Waals surface area contributed by atoms with Gasteiger partial charge in [-0.05, 0) is 122 Å². The van der Waals surface area contributed by atoms with E-state index in [0.717, 1.165) is 135 Å². The molecule has 0 rings (SSSR count). The Labute approximate surface area is 342 Å². The number of carbonyl (C=O) groups is 3. The molecule has 56 heavy (non-hydrogen) atoms. The van der Waals surface area contributed by atoms with Crippen molar-refractivity contribution in [1.29, 1.82) is 0 Å². The van der Waals surface area contributed by atoms with Gasteiger partial charge in [0, 0.05) is 12.8 Å². The monoisotopic (exact) mass is 777 g/mol. The number of carbonyl (C=O) groups excluding carboxylic acids is 2. The number of ether oxygens (including phenoxy) is 1. The van der Waals surface area contributed by atoms with Crippen LogP contribution in [0.25, 0.3) is 0 Å². The molecule has 4 N–H and O–H groups in total. The number of unbranched alkanes of at least 4 members (excludes halogenated alkanes) is 8. The van der Waals surface area contributed by atoms with Crippen molar-refractivity contribution in [3.05, 3.63) is 97.2 Å². The molecule has 0 aliphatic carbocycles. The molecule has 0 aliphatic heterocycles. The third-order valence-corrected chi connectivity index (χ3v) is 9.15. The van der Waals surface area contributed by atoms with Gasteiger partial charge < -0.3 is 20.9 Å². The van der Waals surface area contributed by atoms with Crippen LogP contribution in [0.15, 0.2) is 97.2 Å². The number of nitrogens with one attached hydrogen (secondary N) is 1. The number of aliphatic carboxylic acids is 1. The highest BCUT2D eigenvalue weighted by Gasteiger charge is 2.19. The molecule has 0 aromatic rings. The lowest BCUT2D eigenvalue weighted by Crippen LogP contribution is -2.40. The second-order valence-corrected chi connectivity index (χ2v) is 14.3. The largest absolute Gasteiger partial charge is 0.480 e. The number of carboxylic acid groups (broad SMARTS) is 1. The zero-order chi connectivity index (χ0) is 41.0. The van der Waals surface area contributed by atoms with Crippen molar-refractivity contribution in [2.75, 3.05) is 6.54 Å². The Morgan fingerprint density at radius 3 is 1.48 bits per heavy atom. The van der Waals surface area contributed by atoms with E-state index in [4.69, 9.17) is 10.5 Å². The molecular formula is C49H80N2O5. The van der Waals surface area contributed by atoms with Crippen molar-refractivity contribution in [3.63, 3.8) is 0 Å². The summed E-state index contributed by atoms with van der Waals surface area (Å²) in [6.07, 6.45) is 57.4. The van der Waals surface area contributed by atoms with Crippen LogP contribution in [0.5, 0.6) is 0 Å². The van der Waals surface area contributed by atoms with Crippen LogP contribution in [0.3, 0.4) is 0 Å². The number of esters is 1. The van der Waals surface area contributed by atoms with Crippen LogP contribution >= 0.6 is 0 Å². The van der Waals surface area contributed by atoms with Gasteiger partial charge in [-0.25, -0.2) is 4.79 Å². The SMILES string of the molecule is CC/C=C\C/C=C\C/C=C\C/C=C\CCCCCCC(=O)OC(CC/C=C\C/C=C\C/C=C\C/C=C\CC)CCCCCCCC(=O)NC(CCCN)C(=O)O. The molecule has 0 aliphatic rings. The van der Waals surface area contributed by atoms with Crippen molar-refractivity contribution in [2.45, 2.75) is 187 Å². The molecule has 0 saturated heterocycles. The van der Waals surface area contributed by atoms with E-state index < -0.39 is 12.0 Å². The van der Waals surface area contributed by atoms with E-state index in [9.17, 15) is 19.5 Å². The van der Waals surface area contributed by atoms with Gasteiger partial charge in [-0.15, -0.1) is 0 Å². The van der Waals surface area contributed by atoms with E-state index in [-0.39, 0.29) is 18.0 Å². The van der Waals surface area contributed by atoms with Crippen molar-refractivity contribution < 1.29 is 24.2 Å². The highest BCUT2D eigenvalue weighted by Crippen LogP contribution is 2.17. The first-order valence-electron chi connectivity index (χ1n) is 22.1. The van der Waals surface area contributed by atoms with E-state index in [1.807, 2.05) is 0 Å². The van der Waals surface area contributed by atoms with Crippen LogP contribution < -0.4 is 11.1 Å². The second-order valence-electron chi connectivity index (χ2n) is 14.3. The standard InChI is InChI=1S/C49H80N2O5/c1-3-5-7-9-11-13-15-17-18-19-20-22-24-26-28-33-37-43-48(53)56-45(39-34-30-27-25-23-21-16-14-12-10-8-6-4-2)40-35-31-29-32-36-42-47(52)51-46(49(54)55)41-38-44-50/h5-8,11-14,17-18,20-23,27,30,45-46H,3-4,9-10,15-16,19,24-26,28-29,31-44,50H2,1-2H3,(H,51,52)(H,54,55)/b7-5-,8-6-,13-11-,14-12-,18-17-,22-20-,23-21-,30-27-. The fraction of sp³-hybridized carbons (Fsp3) is 0.612. The number of rotatable bonds is 38. The number of allylic oxidation sites excluding steroid dienone is 16. The summed E-state index contributed by atoms with van der Waals surface area (Å²) in [5, 5.41) is 11.9. The molecule has 316 valence electrons. The normalized spacial score (nSPS) is 13.6. The molecule has 2 unspecified atom stereocenters. The van der Waals surface area contributed by atoms with Crippen molar-refractivity contribution in [2.24, 2.45) is 5.73 Å². The molecule has 7 heteroatoms. The second kappa shape index (κ2) is 42.4. The van der Waals surface area contributed by atoms with E-state index in [1.54, 1.807) is 0 Å². The van der Waals surface area contributed by atoms with Crippen LogP contribution in [0.2, 0.25) is 0 Å². The summed E-state index contributed by atoms with van der Waals surface area (Å²) < 4.78 is 6.00. The topological polar surface area (TPSA) is 119 Å². The van der Waals surface area contributed by atoms with E-state index in [1.165, 1.54) is 0 Å². The van der Waals surface area contributed by atoms with Crippen LogP contribution in [-0.4, -0.2) is 41.6 Å². The molecule has 1 amide bonds. The predicted octanol–water partition coefficient (Wildman–Crippen LogP) is 12.7. The zero-order valence-electron chi connectivity index (χ0n) is 35.4. The molecule has 0 bridgehead atoms. The Morgan fingerprint density at radius 2 is 0.964 bits per heavy atom. The minimum atomic E-state index is -1.02. The maximum Gasteiger partial charge on any atom is 0.326 e. The Morgan fingerprint density at radius 1 is 0.518 bits per heavy atom. The van der Waals surface area contributed by atoms with E-state index in [2.05, 4.69) is 116 Å². The minimum absolute atomic E-state index is 0.0833. The van der Waals surface area contributed by atoms with Crippen molar-refractivity contribution in [3.8, 4) is 0 Å². The molecule has 7 nitrogen and oxygen atoms in total. The minimum Gasteiger partial charge on any atom is -0.480 e. The summed E-state index contributed by atoms with van der Waals surface area (Å²) in [4.78, 5) is 36.4. The lowest BCUT2D eigenvalue weighted by atomic mass is 10.0. The maximum atomic E-state index is 12.8. The van der Waals surface area contributed by atoms with Crippen LogP contribution in [-0.2, 0) is 19.1 Å². The lowest BCUT2D eigenvalue weighted by molar-refractivity contribution is -0.150. The summed E-state index contributed by atoms with van der Waals surface area (Å²) in [7, 11) is 0. The average molecular weight is 777 g/mol. The molecular weight excluding hydrogens is 697 g/mol. The van der Waals surface area contributed by atoms with E-state index >= 15 is 0 Å². The summed E-state index contributed by atoms with van der Waals surface area (Å²) >= 11 is 0. The van der Waals surface area contributed by atoms with E-state index in [0.29, 0.717) is 32.2 Å². The fourth-order valence-electron chi connectivity index (χ4n) is 5.90. The van der Waals surface area contributed by atoms with Gasteiger partial charge in [-0.2, -0.15) is 0 Å². The van der Waals surface area contributed by atoms with Gasteiger partial charge in [-0.1, -0.05) is 143 Å².